The number of piperidine rings is 2. The summed E-state index contributed by atoms with van der Waals surface area (Å²) >= 11 is 0. The highest BCUT2D eigenvalue weighted by molar-refractivity contribution is 5.80. The molecule has 188 valence electrons. The van der Waals surface area contributed by atoms with Gasteiger partial charge in [-0.15, -0.1) is 0 Å². The Morgan fingerprint density at radius 3 is 2.47 bits per heavy atom. The number of aryl methyl sites for hydroxylation is 1. The van der Waals surface area contributed by atoms with Crippen molar-refractivity contribution in [1.82, 2.24) is 14.7 Å². The van der Waals surface area contributed by atoms with E-state index in [-0.39, 0.29) is 11.3 Å². The minimum absolute atomic E-state index is 0.0375. The number of ether oxygens (including phenoxy) is 1. The lowest BCUT2D eigenvalue weighted by atomic mass is 9.73. The summed E-state index contributed by atoms with van der Waals surface area (Å²) in [7, 11) is 4.08. The van der Waals surface area contributed by atoms with Crippen LogP contribution >= 0.6 is 0 Å². The van der Waals surface area contributed by atoms with E-state index >= 15 is 0 Å². The lowest BCUT2D eigenvalue weighted by Gasteiger charge is -2.45. The number of likely N-dealkylation sites (tertiary alicyclic amines) is 2. The second kappa shape index (κ2) is 11.1. The molecule has 3 aliphatic rings. The van der Waals surface area contributed by atoms with E-state index in [2.05, 4.69) is 22.9 Å². The SMILES string of the molecule is C[C@H]1Oc2ccccc2CCCCC2(CCN(C(=O)CC3CCN(C)CC3)CC2)CN(C)C1=O. The van der Waals surface area contributed by atoms with Gasteiger partial charge in [0.15, 0.2) is 6.10 Å². The minimum atomic E-state index is -0.501. The lowest BCUT2D eigenvalue weighted by Crippen LogP contribution is -2.50. The van der Waals surface area contributed by atoms with Crippen LogP contribution in [0.15, 0.2) is 24.3 Å². The quantitative estimate of drug-likeness (QED) is 0.658. The first-order chi connectivity index (χ1) is 16.3. The summed E-state index contributed by atoms with van der Waals surface area (Å²) in [4.78, 5) is 32.5. The number of fused-ring (bicyclic) bond motifs is 1. The number of para-hydroxylation sites is 1. The second-order valence-electron chi connectivity index (χ2n) is 11.1. The van der Waals surface area contributed by atoms with Crippen LogP contribution in [0.4, 0.5) is 0 Å². The maximum atomic E-state index is 13.1. The third-order valence-corrected chi connectivity index (χ3v) is 8.45. The molecule has 1 atom stereocenters. The van der Waals surface area contributed by atoms with Gasteiger partial charge in [-0.3, -0.25) is 9.59 Å². The fraction of sp³-hybridized carbons (Fsp3) is 0.714. The molecule has 6 nitrogen and oxygen atoms in total. The summed E-state index contributed by atoms with van der Waals surface area (Å²) in [5, 5.41) is 0. The molecule has 34 heavy (non-hydrogen) atoms. The molecule has 1 aromatic carbocycles. The van der Waals surface area contributed by atoms with Crippen molar-refractivity contribution in [2.75, 3.05) is 46.8 Å². The second-order valence-corrected chi connectivity index (χ2v) is 11.1. The average molecular weight is 470 g/mol. The number of likely N-dealkylation sites (N-methyl/N-ethyl adjacent to an activating group) is 1. The molecule has 0 aliphatic carbocycles. The number of hydrogen-bond acceptors (Lipinski definition) is 4. The Morgan fingerprint density at radius 2 is 1.74 bits per heavy atom. The van der Waals surface area contributed by atoms with Crippen molar-refractivity contribution in [2.24, 2.45) is 11.3 Å². The number of hydrogen-bond donors (Lipinski definition) is 0. The molecule has 4 rings (SSSR count). The number of amides is 2. The van der Waals surface area contributed by atoms with Crippen LogP contribution in [-0.2, 0) is 16.0 Å². The summed E-state index contributed by atoms with van der Waals surface area (Å²) in [6.07, 6.45) is 8.77. The van der Waals surface area contributed by atoms with Crippen LogP contribution in [-0.4, -0.2) is 79.4 Å². The van der Waals surface area contributed by atoms with E-state index in [4.69, 9.17) is 4.74 Å². The summed E-state index contributed by atoms with van der Waals surface area (Å²) < 4.78 is 6.11. The van der Waals surface area contributed by atoms with Crippen molar-refractivity contribution in [3.8, 4) is 5.75 Å². The highest BCUT2D eigenvalue weighted by Crippen LogP contribution is 2.39. The van der Waals surface area contributed by atoms with Gasteiger partial charge in [-0.05, 0) is 95.0 Å². The molecule has 6 heteroatoms. The lowest BCUT2D eigenvalue weighted by molar-refractivity contribution is -0.141. The Balaban J connectivity index is 1.38. The van der Waals surface area contributed by atoms with Gasteiger partial charge < -0.3 is 19.4 Å². The fourth-order valence-corrected chi connectivity index (χ4v) is 6.13. The van der Waals surface area contributed by atoms with E-state index in [0.717, 1.165) is 89.8 Å². The van der Waals surface area contributed by atoms with Crippen molar-refractivity contribution in [1.29, 1.82) is 0 Å². The number of carbonyl (C=O) groups is 2. The van der Waals surface area contributed by atoms with Crippen molar-refractivity contribution in [2.45, 2.75) is 70.8 Å². The summed E-state index contributed by atoms with van der Waals surface area (Å²) in [6.45, 7) is 6.46. The third-order valence-electron chi connectivity index (χ3n) is 8.45. The van der Waals surface area contributed by atoms with E-state index in [1.165, 1.54) is 5.56 Å². The van der Waals surface area contributed by atoms with Crippen molar-refractivity contribution >= 4 is 11.8 Å². The van der Waals surface area contributed by atoms with Gasteiger partial charge >= 0.3 is 0 Å². The Hall–Kier alpha value is -2.08. The van der Waals surface area contributed by atoms with Gasteiger partial charge in [0.05, 0.1) is 0 Å². The first-order valence-electron chi connectivity index (χ1n) is 13.3. The monoisotopic (exact) mass is 469 g/mol. The van der Waals surface area contributed by atoms with Crippen LogP contribution in [0.1, 0.15) is 63.9 Å². The van der Waals surface area contributed by atoms with Crippen LogP contribution in [0.25, 0.3) is 0 Å². The molecule has 1 spiro atoms. The van der Waals surface area contributed by atoms with Crippen LogP contribution in [0.5, 0.6) is 5.75 Å². The van der Waals surface area contributed by atoms with Crippen molar-refractivity contribution < 1.29 is 14.3 Å². The normalized spacial score (nSPS) is 25.3. The molecule has 0 saturated carbocycles. The van der Waals surface area contributed by atoms with Crippen LogP contribution in [0, 0.1) is 11.3 Å². The van der Waals surface area contributed by atoms with Gasteiger partial charge in [0, 0.05) is 33.1 Å². The van der Waals surface area contributed by atoms with E-state index < -0.39 is 6.10 Å². The molecule has 0 aromatic heterocycles. The Kier molecular flexibility index (Phi) is 8.18. The molecule has 2 amide bonds. The molecule has 3 heterocycles. The molecule has 0 unspecified atom stereocenters. The number of carbonyl (C=O) groups excluding carboxylic acids is 2. The van der Waals surface area contributed by atoms with Crippen LogP contribution in [0.3, 0.4) is 0 Å². The zero-order valence-electron chi connectivity index (χ0n) is 21.4. The van der Waals surface area contributed by atoms with Crippen LogP contribution in [0.2, 0.25) is 0 Å². The molecular formula is C28H43N3O3. The Labute approximate surface area is 205 Å². The van der Waals surface area contributed by atoms with Gasteiger partial charge in [-0.25, -0.2) is 0 Å². The minimum Gasteiger partial charge on any atom is -0.481 e. The van der Waals surface area contributed by atoms with Gasteiger partial charge in [0.1, 0.15) is 5.75 Å². The van der Waals surface area contributed by atoms with Gasteiger partial charge in [-0.1, -0.05) is 24.6 Å². The average Bonchev–Trinajstić information content (AvgIpc) is 2.83. The van der Waals surface area contributed by atoms with Gasteiger partial charge in [-0.2, -0.15) is 0 Å². The number of nitrogens with zero attached hydrogens (tertiary/aromatic N) is 3. The Morgan fingerprint density at radius 1 is 1.03 bits per heavy atom. The maximum absolute atomic E-state index is 13.1. The molecule has 3 aliphatic heterocycles. The first-order valence-corrected chi connectivity index (χ1v) is 13.3. The smallest absolute Gasteiger partial charge is 0.263 e. The van der Waals surface area contributed by atoms with E-state index in [1.807, 2.05) is 37.1 Å². The van der Waals surface area contributed by atoms with E-state index in [1.54, 1.807) is 0 Å². The van der Waals surface area contributed by atoms with Crippen molar-refractivity contribution in [3.05, 3.63) is 29.8 Å². The van der Waals surface area contributed by atoms with E-state index in [0.29, 0.717) is 18.2 Å². The summed E-state index contributed by atoms with van der Waals surface area (Å²) in [5.41, 5.74) is 1.28. The van der Waals surface area contributed by atoms with E-state index in [9.17, 15) is 9.59 Å². The molecular weight excluding hydrogens is 426 g/mol. The molecule has 0 bridgehead atoms. The zero-order valence-corrected chi connectivity index (χ0v) is 21.4. The van der Waals surface area contributed by atoms with Crippen LogP contribution < -0.4 is 4.74 Å². The highest BCUT2D eigenvalue weighted by Gasteiger charge is 2.38. The standard InChI is InChI=1S/C28H43N3O3/c1-22-27(33)30(3)21-28(13-7-6-9-24-8-4-5-10-25(24)34-22)14-18-31(19-15-28)26(32)20-23-11-16-29(2)17-12-23/h4-5,8,10,22-23H,6-7,9,11-21H2,1-3H3/t22-/m1/s1. The van der Waals surface area contributed by atoms with Gasteiger partial charge in [0.25, 0.3) is 5.91 Å². The summed E-state index contributed by atoms with van der Waals surface area (Å²) in [5.74, 6) is 1.74. The molecule has 0 N–H and O–H groups in total. The summed E-state index contributed by atoms with van der Waals surface area (Å²) in [6, 6.07) is 8.12. The third kappa shape index (κ3) is 6.12. The topological polar surface area (TPSA) is 53.1 Å². The fourth-order valence-electron chi connectivity index (χ4n) is 6.13. The van der Waals surface area contributed by atoms with Gasteiger partial charge in [0.2, 0.25) is 5.91 Å². The molecule has 0 radical (unpaired) electrons. The zero-order chi connectivity index (χ0) is 24.1. The van der Waals surface area contributed by atoms with Crippen molar-refractivity contribution in [3.63, 3.8) is 0 Å². The maximum Gasteiger partial charge on any atom is 0.263 e. The molecule has 2 fully saturated rings. The molecule has 1 aromatic rings. The predicted molar refractivity (Wildman–Crippen MR) is 135 cm³/mol. The number of benzene rings is 1. The molecule has 2 saturated heterocycles. The predicted octanol–water partition coefficient (Wildman–Crippen LogP) is 3.98. The largest absolute Gasteiger partial charge is 0.481 e. The Bertz CT molecular complexity index is 841. The first kappa shape index (κ1) is 25.0. The number of rotatable bonds is 2. The highest BCUT2D eigenvalue weighted by atomic mass is 16.5.